The van der Waals surface area contributed by atoms with E-state index in [9.17, 15) is 0 Å². The molecule has 0 fully saturated rings. The zero-order valence-electron chi connectivity index (χ0n) is 8.64. The molecule has 0 saturated heterocycles. The van der Waals surface area contributed by atoms with E-state index in [-0.39, 0.29) is 6.04 Å². The van der Waals surface area contributed by atoms with Crippen molar-refractivity contribution in [3.8, 4) is 0 Å². The molecule has 80 valence electrons. The molecule has 5 heteroatoms. The number of hydrogen-bond donors (Lipinski definition) is 0. The van der Waals surface area contributed by atoms with Crippen molar-refractivity contribution in [3.63, 3.8) is 0 Å². The fourth-order valence-electron chi connectivity index (χ4n) is 1.44. The maximum Gasteiger partial charge on any atom is 0.129 e. The van der Waals surface area contributed by atoms with Crippen molar-refractivity contribution in [1.82, 2.24) is 14.8 Å². The quantitative estimate of drug-likeness (QED) is 0.753. The highest BCUT2D eigenvalue weighted by Gasteiger charge is 2.08. The molecular weight excluding hydrogens is 214 g/mol. The number of halogens is 1. The molecule has 0 aliphatic carbocycles. The zero-order valence-corrected chi connectivity index (χ0v) is 9.40. The van der Waals surface area contributed by atoms with Crippen molar-refractivity contribution < 1.29 is 4.74 Å². The standard InChI is InChI=1S/C10H12ClN3O/c1-7(6-15-2)14-5-9-8(13-14)3-4-10(11)12-9/h3-5,7H,6H2,1-2H3. The number of rotatable bonds is 3. The molecule has 1 unspecified atom stereocenters. The van der Waals surface area contributed by atoms with Gasteiger partial charge in [-0.2, -0.15) is 5.10 Å². The third kappa shape index (κ3) is 2.11. The van der Waals surface area contributed by atoms with Gasteiger partial charge >= 0.3 is 0 Å². The SMILES string of the molecule is COCC(C)n1cc2nc(Cl)ccc2n1. The molecule has 2 rings (SSSR count). The number of nitrogens with zero attached hydrogens (tertiary/aromatic N) is 3. The summed E-state index contributed by atoms with van der Waals surface area (Å²) in [5.41, 5.74) is 1.66. The lowest BCUT2D eigenvalue weighted by molar-refractivity contribution is 0.157. The molecule has 2 heterocycles. The number of methoxy groups -OCH3 is 1. The van der Waals surface area contributed by atoms with Crippen molar-refractivity contribution in [2.24, 2.45) is 0 Å². The van der Waals surface area contributed by atoms with Gasteiger partial charge in [0.25, 0.3) is 0 Å². The molecule has 0 bridgehead atoms. The van der Waals surface area contributed by atoms with Gasteiger partial charge in [0.1, 0.15) is 16.2 Å². The monoisotopic (exact) mass is 225 g/mol. The second kappa shape index (κ2) is 4.16. The Bertz CT molecular complexity index is 469. The molecule has 0 amide bonds. The van der Waals surface area contributed by atoms with Gasteiger partial charge in [0.15, 0.2) is 0 Å². The van der Waals surface area contributed by atoms with Crippen molar-refractivity contribution in [2.45, 2.75) is 13.0 Å². The summed E-state index contributed by atoms with van der Waals surface area (Å²) in [6, 6.07) is 3.80. The Morgan fingerprint density at radius 1 is 1.47 bits per heavy atom. The van der Waals surface area contributed by atoms with Crippen molar-refractivity contribution in [1.29, 1.82) is 0 Å². The summed E-state index contributed by atoms with van der Waals surface area (Å²) in [5, 5.41) is 4.88. The summed E-state index contributed by atoms with van der Waals surface area (Å²) >= 11 is 5.80. The number of hydrogen-bond acceptors (Lipinski definition) is 3. The minimum absolute atomic E-state index is 0.197. The molecule has 0 aliphatic heterocycles. The van der Waals surface area contributed by atoms with Crippen LogP contribution in [0.5, 0.6) is 0 Å². The molecular formula is C10H12ClN3O. The topological polar surface area (TPSA) is 39.9 Å². The summed E-state index contributed by atoms with van der Waals surface area (Å²) < 4.78 is 6.92. The Morgan fingerprint density at radius 2 is 2.27 bits per heavy atom. The Hall–Kier alpha value is -1.13. The largest absolute Gasteiger partial charge is 0.382 e. The van der Waals surface area contributed by atoms with Crippen LogP contribution in [0.3, 0.4) is 0 Å². The third-order valence-electron chi connectivity index (χ3n) is 2.21. The Balaban J connectivity index is 2.38. The molecule has 0 saturated carbocycles. The first-order valence-corrected chi connectivity index (χ1v) is 5.09. The zero-order chi connectivity index (χ0) is 10.8. The lowest BCUT2D eigenvalue weighted by Crippen LogP contribution is -2.11. The first kappa shape index (κ1) is 10.4. The molecule has 0 radical (unpaired) electrons. The van der Waals surface area contributed by atoms with Crippen molar-refractivity contribution >= 4 is 22.6 Å². The number of ether oxygens (including phenoxy) is 1. The van der Waals surface area contributed by atoms with Gasteiger partial charge in [-0.1, -0.05) is 11.6 Å². The highest BCUT2D eigenvalue weighted by molar-refractivity contribution is 6.29. The van der Waals surface area contributed by atoms with Crippen LogP contribution in [-0.4, -0.2) is 28.5 Å². The highest BCUT2D eigenvalue weighted by atomic mass is 35.5. The van der Waals surface area contributed by atoms with Gasteiger partial charge in [0.05, 0.1) is 18.8 Å². The average molecular weight is 226 g/mol. The Morgan fingerprint density at radius 3 is 3.00 bits per heavy atom. The number of fused-ring (bicyclic) bond motifs is 1. The first-order valence-electron chi connectivity index (χ1n) is 4.71. The lowest BCUT2D eigenvalue weighted by atomic mass is 10.4. The maximum atomic E-state index is 5.80. The number of aromatic nitrogens is 3. The molecule has 15 heavy (non-hydrogen) atoms. The molecule has 0 aliphatic rings. The average Bonchev–Trinajstić information content (AvgIpc) is 2.60. The second-order valence-electron chi connectivity index (χ2n) is 3.45. The highest BCUT2D eigenvalue weighted by Crippen LogP contribution is 2.16. The molecule has 0 spiro atoms. The van der Waals surface area contributed by atoms with Crippen LogP contribution in [0, 0.1) is 0 Å². The normalized spacial score (nSPS) is 13.3. The van der Waals surface area contributed by atoms with E-state index < -0.39 is 0 Å². The van der Waals surface area contributed by atoms with Gasteiger partial charge in [0.2, 0.25) is 0 Å². The van der Waals surface area contributed by atoms with Gasteiger partial charge in [-0.15, -0.1) is 0 Å². The van der Waals surface area contributed by atoms with Crippen LogP contribution in [0.15, 0.2) is 18.3 Å². The predicted octanol–water partition coefficient (Wildman–Crippen LogP) is 2.29. The van der Waals surface area contributed by atoms with Crippen LogP contribution < -0.4 is 0 Å². The first-order chi connectivity index (χ1) is 7.20. The summed E-state index contributed by atoms with van der Waals surface area (Å²) in [7, 11) is 1.68. The van der Waals surface area contributed by atoms with E-state index in [1.54, 1.807) is 13.2 Å². The van der Waals surface area contributed by atoms with E-state index in [0.717, 1.165) is 11.0 Å². The lowest BCUT2D eigenvalue weighted by Gasteiger charge is -2.09. The van der Waals surface area contributed by atoms with Gasteiger partial charge in [-0.25, -0.2) is 4.98 Å². The summed E-state index contributed by atoms with van der Waals surface area (Å²) in [6.07, 6.45) is 1.88. The molecule has 0 N–H and O–H groups in total. The van der Waals surface area contributed by atoms with E-state index >= 15 is 0 Å². The molecule has 1 atom stereocenters. The molecule has 2 aromatic heterocycles. The van der Waals surface area contributed by atoms with Gasteiger partial charge in [0, 0.05) is 7.11 Å². The maximum absolute atomic E-state index is 5.80. The molecule has 4 nitrogen and oxygen atoms in total. The van der Waals surface area contributed by atoms with Crippen LogP contribution in [0.2, 0.25) is 5.15 Å². The minimum atomic E-state index is 0.197. The van der Waals surface area contributed by atoms with E-state index in [0.29, 0.717) is 11.8 Å². The summed E-state index contributed by atoms with van der Waals surface area (Å²) in [6.45, 7) is 2.67. The van der Waals surface area contributed by atoms with Crippen LogP contribution >= 0.6 is 11.6 Å². The Labute approximate surface area is 92.8 Å². The predicted molar refractivity (Wildman–Crippen MR) is 59.1 cm³/mol. The van der Waals surface area contributed by atoms with Crippen LogP contribution in [0.25, 0.3) is 11.0 Å². The Kier molecular flexibility index (Phi) is 2.88. The van der Waals surface area contributed by atoms with E-state index in [1.165, 1.54) is 0 Å². The summed E-state index contributed by atoms with van der Waals surface area (Å²) in [4.78, 5) is 4.18. The molecule has 0 aromatic carbocycles. The van der Waals surface area contributed by atoms with E-state index in [1.807, 2.05) is 23.9 Å². The van der Waals surface area contributed by atoms with Crippen LogP contribution in [-0.2, 0) is 4.74 Å². The molecule has 2 aromatic rings. The fraction of sp³-hybridized carbons (Fsp3) is 0.400. The fourth-order valence-corrected chi connectivity index (χ4v) is 1.60. The van der Waals surface area contributed by atoms with Gasteiger partial charge < -0.3 is 4.74 Å². The van der Waals surface area contributed by atoms with Gasteiger partial charge in [-0.3, -0.25) is 4.68 Å². The van der Waals surface area contributed by atoms with E-state index in [2.05, 4.69) is 10.1 Å². The minimum Gasteiger partial charge on any atom is -0.382 e. The second-order valence-corrected chi connectivity index (χ2v) is 3.84. The smallest absolute Gasteiger partial charge is 0.129 e. The number of pyridine rings is 1. The van der Waals surface area contributed by atoms with Crippen molar-refractivity contribution in [3.05, 3.63) is 23.5 Å². The van der Waals surface area contributed by atoms with Crippen LogP contribution in [0.4, 0.5) is 0 Å². The third-order valence-corrected chi connectivity index (χ3v) is 2.42. The van der Waals surface area contributed by atoms with E-state index in [4.69, 9.17) is 16.3 Å². The van der Waals surface area contributed by atoms with Gasteiger partial charge in [-0.05, 0) is 19.1 Å². The van der Waals surface area contributed by atoms with Crippen molar-refractivity contribution in [2.75, 3.05) is 13.7 Å². The summed E-state index contributed by atoms with van der Waals surface area (Å²) in [5.74, 6) is 0. The van der Waals surface area contributed by atoms with Crippen LogP contribution in [0.1, 0.15) is 13.0 Å².